The summed E-state index contributed by atoms with van der Waals surface area (Å²) in [6.45, 7) is 5.28. The first-order valence-corrected chi connectivity index (χ1v) is 7.53. The lowest BCUT2D eigenvalue weighted by Crippen LogP contribution is -2.41. The van der Waals surface area contributed by atoms with E-state index in [1.807, 2.05) is 12.1 Å². The van der Waals surface area contributed by atoms with E-state index in [2.05, 4.69) is 18.8 Å². The molecule has 0 amide bonds. The lowest BCUT2D eigenvalue weighted by molar-refractivity contribution is -0.227. The minimum absolute atomic E-state index is 0.0443. The maximum Gasteiger partial charge on any atom is 0.217 e. The van der Waals surface area contributed by atoms with E-state index in [4.69, 9.17) is 9.47 Å². The zero-order valence-electron chi connectivity index (χ0n) is 13.2. The minimum Gasteiger partial charge on any atom is -0.356 e. The van der Waals surface area contributed by atoms with Gasteiger partial charge in [-0.3, -0.25) is 14.2 Å². The highest BCUT2D eigenvalue weighted by Crippen LogP contribution is 2.35. The maximum atomic E-state index is 11.3. The monoisotopic (exact) mass is 316 g/mol. The van der Waals surface area contributed by atoms with Crippen molar-refractivity contribution < 1.29 is 19.1 Å². The molecule has 0 saturated carbocycles. The number of aromatic amines is 1. The second-order valence-electron chi connectivity index (χ2n) is 6.56. The molecule has 1 aliphatic rings. The van der Waals surface area contributed by atoms with Crippen LogP contribution in [0.1, 0.15) is 41.6 Å². The molecule has 2 aromatic rings. The number of carbonyl (C=O) groups excluding carboxylic acids is 2. The molecule has 6 nitrogen and oxygen atoms in total. The molecule has 1 fully saturated rings. The molecule has 6 heteroatoms. The Balaban J connectivity index is 1.97. The van der Waals surface area contributed by atoms with Gasteiger partial charge in [-0.05, 0) is 24.3 Å². The molecule has 122 valence electrons. The quantitative estimate of drug-likeness (QED) is 0.858. The fraction of sp³-hybridized carbons (Fsp3) is 0.412. The van der Waals surface area contributed by atoms with Gasteiger partial charge in [-0.25, -0.2) is 0 Å². The third-order valence-corrected chi connectivity index (χ3v) is 3.99. The summed E-state index contributed by atoms with van der Waals surface area (Å²) in [5.41, 5.74) is 1.96. The maximum absolute atomic E-state index is 11.3. The van der Waals surface area contributed by atoms with Crippen LogP contribution in [0.3, 0.4) is 0 Å². The van der Waals surface area contributed by atoms with Gasteiger partial charge in [0.05, 0.1) is 24.8 Å². The molecule has 1 N–H and O–H groups in total. The third-order valence-electron chi connectivity index (χ3n) is 3.99. The van der Waals surface area contributed by atoms with Gasteiger partial charge in [0.25, 0.3) is 0 Å². The van der Waals surface area contributed by atoms with Crippen molar-refractivity contribution in [3.63, 3.8) is 0 Å². The summed E-state index contributed by atoms with van der Waals surface area (Å²) in [4.78, 5) is 25.3. The molecule has 3 rings (SSSR count). The first-order valence-electron chi connectivity index (χ1n) is 7.53. The molecular weight excluding hydrogens is 296 g/mol. The van der Waals surface area contributed by atoms with Crippen LogP contribution in [0.4, 0.5) is 0 Å². The van der Waals surface area contributed by atoms with Crippen molar-refractivity contribution in [3.8, 4) is 0 Å². The highest BCUT2D eigenvalue weighted by Gasteiger charge is 2.36. The molecule has 1 saturated heterocycles. The number of nitrogens with zero attached hydrogens (tertiary/aromatic N) is 1. The lowest BCUT2D eigenvalue weighted by atomic mass is 9.93. The largest absolute Gasteiger partial charge is 0.356 e. The molecule has 0 spiro atoms. The fourth-order valence-electron chi connectivity index (χ4n) is 2.79. The highest BCUT2D eigenvalue weighted by atomic mass is 16.7. The van der Waals surface area contributed by atoms with Gasteiger partial charge in [0, 0.05) is 23.0 Å². The first kappa shape index (κ1) is 15.7. The summed E-state index contributed by atoms with van der Waals surface area (Å²) < 4.78 is 13.3. The summed E-state index contributed by atoms with van der Waals surface area (Å²) in [7, 11) is 0. The predicted octanol–water partition coefficient (Wildman–Crippen LogP) is 2.20. The number of nitrogens with one attached hydrogen (secondary N) is 1. The van der Waals surface area contributed by atoms with Gasteiger partial charge in [-0.15, -0.1) is 0 Å². The van der Waals surface area contributed by atoms with E-state index in [0.29, 0.717) is 18.9 Å². The van der Waals surface area contributed by atoms with Crippen LogP contribution >= 0.6 is 0 Å². The van der Waals surface area contributed by atoms with Gasteiger partial charge < -0.3 is 14.5 Å². The molecule has 0 bridgehead atoms. The second-order valence-corrected chi connectivity index (χ2v) is 6.56. The van der Waals surface area contributed by atoms with Crippen molar-refractivity contribution in [1.29, 1.82) is 0 Å². The number of hydrogen-bond donors (Lipinski definition) is 1. The Morgan fingerprint density at radius 2 is 2.00 bits per heavy atom. The standard InChI is InChI=1S/C17H20N2O4/c1-17(2)9-22-16(23-10-17)15(13-6-5-12(8-20)18-13)14-4-3-7-19(14)11-21/h3-8,11,15-16,18H,9-10H2,1-2H3. The summed E-state index contributed by atoms with van der Waals surface area (Å²) in [6, 6.07) is 7.18. The lowest BCUT2D eigenvalue weighted by Gasteiger charge is -2.37. The third kappa shape index (κ3) is 3.13. The summed E-state index contributed by atoms with van der Waals surface area (Å²) >= 11 is 0. The van der Waals surface area contributed by atoms with Crippen molar-refractivity contribution in [3.05, 3.63) is 47.5 Å². The van der Waals surface area contributed by atoms with Crippen LogP contribution in [0.15, 0.2) is 30.5 Å². The Labute approximate surface area is 134 Å². The van der Waals surface area contributed by atoms with Gasteiger partial charge in [-0.2, -0.15) is 0 Å². The average molecular weight is 316 g/mol. The zero-order chi connectivity index (χ0) is 16.4. The van der Waals surface area contributed by atoms with E-state index in [1.54, 1.807) is 18.3 Å². The minimum atomic E-state index is -0.519. The van der Waals surface area contributed by atoms with Crippen molar-refractivity contribution in [2.45, 2.75) is 26.1 Å². The number of hydrogen-bond acceptors (Lipinski definition) is 4. The molecule has 1 aliphatic heterocycles. The zero-order valence-corrected chi connectivity index (χ0v) is 13.2. The molecular formula is C17H20N2O4. The van der Waals surface area contributed by atoms with Gasteiger partial charge in [-0.1, -0.05) is 13.8 Å². The van der Waals surface area contributed by atoms with Crippen LogP contribution in [0.5, 0.6) is 0 Å². The Bertz CT molecular complexity index is 691. The Hall–Kier alpha value is -2.18. The van der Waals surface area contributed by atoms with E-state index < -0.39 is 6.29 Å². The average Bonchev–Trinajstić information content (AvgIpc) is 3.18. The van der Waals surface area contributed by atoms with E-state index in [1.165, 1.54) is 4.57 Å². The first-order chi connectivity index (χ1) is 11.0. The van der Waals surface area contributed by atoms with E-state index in [-0.39, 0.29) is 11.3 Å². The van der Waals surface area contributed by atoms with Crippen LogP contribution in [-0.2, 0) is 14.3 Å². The van der Waals surface area contributed by atoms with Crippen LogP contribution in [0.2, 0.25) is 0 Å². The molecule has 1 atom stereocenters. The number of aromatic nitrogens is 2. The SMILES string of the molecule is CC1(C)COC(C(c2ccc(C=O)[nH]2)c2cccn2C=O)OC1. The van der Waals surface area contributed by atoms with Crippen LogP contribution in [0.25, 0.3) is 0 Å². The van der Waals surface area contributed by atoms with Crippen molar-refractivity contribution >= 4 is 12.7 Å². The Kier molecular flexibility index (Phi) is 4.19. The number of H-pyrrole nitrogens is 1. The van der Waals surface area contributed by atoms with Crippen LogP contribution in [-0.4, -0.2) is 41.8 Å². The number of rotatable bonds is 5. The van der Waals surface area contributed by atoms with Crippen LogP contribution in [0, 0.1) is 5.41 Å². The molecule has 0 radical (unpaired) electrons. The van der Waals surface area contributed by atoms with Gasteiger partial charge in [0.15, 0.2) is 12.6 Å². The van der Waals surface area contributed by atoms with Crippen molar-refractivity contribution in [2.24, 2.45) is 5.41 Å². The summed E-state index contributed by atoms with van der Waals surface area (Å²) in [5, 5.41) is 0. The molecule has 1 unspecified atom stereocenters. The van der Waals surface area contributed by atoms with Crippen LogP contribution < -0.4 is 0 Å². The molecule has 2 aromatic heterocycles. The van der Waals surface area contributed by atoms with E-state index in [0.717, 1.165) is 24.1 Å². The topological polar surface area (TPSA) is 73.3 Å². The highest BCUT2D eigenvalue weighted by molar-refractivity contribution is 5.72. The molecule has 3 heterocycles. The summed E-state index contributed by atoms with van der Waals surface area (Å²) in [6.07, 6.45) is 2.67. The van der Waals surface area contributed by atoms with Gasteiger partial charge >= 0.3 is 0 Å². The van der Waals surface area contributed by atoms with E-state index >= 15 is 0 Å². The van der Waals surface area contributed by atoms with Gasteiger partial charge in [0.2, 0.25) is 6.41 Å². The van der Waals surface area contributed by atoms with Gasteiger partial charge in [0.1, 0.15) is 0 Å². The Morgan fingerprint density at radius 3 is 2.61 bits per heavy atom. The molecule has 0 aliphatic carbocycles. The molecule has 0 aromatic carbocycles. The predicted molar refractivity (Wildman–Crippen MR) is 84.1 cm³/mol. The Morgan fingerprint density at radius 1 is 1.26 bits per heavy atom. The molecule has 23 heavy (non-hydrogen) atoms. The number of carbonyl (C=O) groups is 2. The summed E-state index contributed by atoms with van der Waals surface area (Å²) in [5.74, 6) is -0.319. The number of aldehydes is 1. The second kappa shape index (κ2) is 6.14. The fourth-order valence-corrected chi connectivity index (χ4v) is 2.79. The van der Waals surface area contributed by atoms with E-state index in [9.17, 15) is 9.59 Å². The smallest absolute Gasteiger partial charge is 0.217 e. The normalized spacial score (nSPS) is 19.4. The van der Waals surface area contributed by atoms with Crippen molar-refractivity contribution in [2.75, 3.05) is 13.2 Å². The van der Waals surface area contributed by atoms with Crippen molar-refractivity contribution in [1.82, 2.24) is 9.55 Å². The number of ether oxygens (including phenoxy) is 2.